The van der Waals surface area contributed by atoms with Crippen LogP contribution in [0.3, 0.4) is 0 Å². The maximum Gasteiger partial charge on any atom is 0.270 e. The molecular formula is C30H36N6O4. The molecule has 0 saturated carbocycles. The van der Waals surface area contributed by atoms with Crippen molar-refractivity contribution in [1.29, 1.82) is 0 Å². The highest BCUT2D eigenvalue weighted by Crippen LogP contribution is 2.38. The highest BCUT2D eigenvalue weighted by atomic mass is 16.6. The first-order chi connectivity index (χ1) is 19.1. The van der Waals surface area contributed by atoms with Crippen molar-refractivity contribution >= 4 is 23.2 Å². The van der Waals surface area contributed by atoms with Gasteiger partial charge in [0, 0.05) is 44.2 Å². The van der Waals surface area contributed by atoms with E-state index in [1.807, 2.05) is 22.6 Å². The first-order valence-corrected chi connectivity index (χ1v) is 13.8. The standard InChI is InChI=1S/C30H36N6O4/c1-5-25-29(38)33(18-21-7-9-22(10-8-21)30(2,3)4)19-27-34(15-6-14-32-16-13-31-20-32)26-12-11-23(36(39)40)17-24(26)28(37)35(25)27/h7-13,16-17,20,25,27H,5-6,14-15,18-19H2,1-4H3/t25-,27?/m0/s1. The monoisotopic (exact) mass is 544 g/mol. The molecule has 2 atom stereocenters. The molecule has 1 saturated heterocycles. The summed E-state index contributed by atoms with van der Waals surface area (Å²) in [5, 5.41) is 11.5. The van der Waals surface area contributed by atoms with Gasteiger partial charge < -0.3 is 19.3 Å². The summed E-state index contributed by atoms with van der Waals surface area (Å²) in [6.07, 6.45) is 6.25. The number of hydrogen-bond donors (Lipinski definition) is 0. The topological polar surface area (TPSA) is 105 Å². The number of rotatable bonds is 8. The van der Waals surface area contributed by atoms with Crippen LogP contribution >= 0.6 is 0 Å². The predicted molar refractivity (Wildman–Crippen MR) is 152 cm³/mol. The Morgan fingerprint density at radius 2 is 1.82 bits per heavy atom. The van der Waals surface area contributed by atoms with Crippen LogP contribution in [0.15, 0.2) is 61.2 Å². The van der Waals surface area contributed by atoms with Crippen molar-refractivity contribution in [3.63, 3.8) is 0 Å². The smallest absolute Gasteiger partial charge is 0.270 e. The van der Waals surface area contributed by atoms with Gasteiger partial charge in [-0.05, 0) is 35.4 Å². The van der Waals surface area contributed by atoms with Crippen LogP contribution in [0.1, 0.15) is 62.0 Å². The van der Waals surface area contributed by atoms with E-state index in [9.17, 15) is 19.7 Å². The third kappa shape index (κ3) is 5.17. The van der Waals surface area contributed by atoms with Crippen molar-refractivity contribution in [1.82, 2.24) is 19.4 Å². The van der Waals surface area contributed by atoms with E-state index >= 15 is 0 Å². The lowest BCUT2D eigenvalue weighted by molar-refractivity contribution is -0.384. The number of nitro benzene ring substituents is 1. The number of nitrogens with zero attached hydrogens (tertiary/aromatic N) is 6. The van der Waals surface area contributed by atoms with Crippen molar-refractivity contribution in [3.05, 3.63) is 88.0 Å². The second-order valence-corrected chi connectivity index (χ2v) is 11.6. The molecule has 2 aliphatic heterocycles. The highest BCUT2D eigenvalue weighted by molar-refractivity contribution is 6.05. The number of carbonyl (C=O) groups excluding carboxylic acids is 2. The van der Waals surface area contributed by atoms with Gasteiger partial charge in [-0.2, -0.15) is 0 Å². The van der Waals surface area contributed by atoms with E-state index in [1.165, 1.54) is 17.7 Å². The van der Waals surface area contributed by atoms with Crippen LogP contribution in [0.4, 0.5) is 11.4 Å². The zero-order chi connectivity index (χ0) is 28.6. The molecule has 0 radical (unpaired) electrons. The summed E-state index contributed by atoms with van der Waals surface area (Å²) in [4.78, 5) is 48.4. The first kappa shape index (κ1) is 27.4. The summed E-state index contributed by atoms with van der Waals surface area (Å²) in [5.41, 5.74) is 3.10. The normalized spacial score (nSPS) is 19.1. The Bertz CT molecular complexity index is 1400. The third-order valence-corrected chi connectivity index (χ3v) is 7.92. The maximum atomic E-state index is 13.8. The van der Waals surface area contributed by atoms with Crippen molar-refractivity contribution in [2.75, 3.05) is 18.0 Å². The summed E-state index contributed by atoms with van der Waals surface area (Å²) in [6.45, 7) is 10.6. The molecule has 5 rings (SSSR count). The van der Waals surface area contributed by atoms with Crippen LogP contribution in [0, 0.1) is 10.1 Å². The molecule has 1 aromatic heterocycles. The summed E-state index contributed by atoms with van der Waals surface area (Å²) in [6, 6.07) is 12.2. The van der Waals surface area contributed by atoms with E-state index < -0.39 is 11.0 Å². The zero-order valence-electron chi connectivity index (χ0n) is 23.5. The second-order valence-electron chi connectivity index (χ2n) is 11.6. The first-order valence-electron chi connectivity index (χ1n) is 13.8. The van der Waals surface area contributed by atoms with Crippen molar-refractivity contribution in [2.45, 2.75) is 71.2 Å². The molecule has 0 spiro atoms. The number of aromatic nitrogens is 2. The van der Waals surface area contributed by atoms with Crippen LogP contribution in [0.25, 0.3) is 0 Å². The Balaban J connectivity index is 1.47. The fourth-order valence-electron chi connectivity index (χ4n) is 5.75. The number of non-ortho nitro benzene ring substituents is 1. The van der Waals surface area contributed by atoms with Crippen LogP contribution in [-0.4, -0.2) is 61.4 Å². The molecule has 40 heavy (non-hydrogen) atoms. The van der Waals surface area contributed by atoms with Gasteiger partial charge in [-0.15, -0.1) is 0 Å². The zero-order valence-corrected chi connectivity index (χ0v) is 23.5. The fraction of sp³-hybridized carbons (Fsp3) is 0.433. The van der Waals surface area contributed by atoms with E-state index in [4.69, 9.17) is 0 Å². The van der Waals surface area contributed by atoms with Crippen molar-refractivity contribution < 1.29 is 14.5 Å². The average molecular weight is 545 g/mol. The molecule has 0 bridgehead atoms. The van der Waals surface area contributed by atoms with Gasteiger partial charge in [0.05, 0.1) is 29.0 Å². The van der Waals surface area contributed by atoms with E-state index in [1.54, 1.807) is 23.5 Å². The van der Waals surface area contributed by atoms with Crippen molar-refractivity contribution in [3.8, 4) is 0 Å². The van der Waals surface area contributed by atoms with Crippen LogP contribution in [0.2, 0.25) is 0 Å². The Hall–Kier alpha value is -4.21. The average Bonchev–Trinajstić information content (AvgIpc) is 3.44. The van der Waals surface area contributed by atoms with E-state index in [0.717, 1.165) is 18.5 Å². The Kier molecular flexibility index (Phi) is 7.35. The molecular weight excluding hydrogens is 508 g/mol. The minimum absolute atomic E-state index is 0.0371. The summed E-state index contributed by atoms with van der Waals surface area (Å²) < 4.78 is 2.00. The molecule has 1 fully saturated rings. The van der Waals surface area contributed by atoms with Gasteiger partial charge in [0.25, 0.3) is 11.6 Å². The molecule has 10 nitrogen and oxygen atoms in total. The highest BCUT2D eigenvalue weighted by Gasteiger charge is 2.48. The molecule has 2 amide bonds. The van der Waals surface area contributed by atoms with Gasteiger partial charge in [-0.25, -0.2) is 4.98 Å². The number of aryl methyl sites for hydroxylation is 1. The van der Waals surface area contributed by atoms with E-state index in [-0.39, 0.29) is 34.6 Å². The number of carbonyl (C=O) groups is 2. The fourth-order valence-corrected chi connectivity index (χ4v) is 5.75. The van der Waals surface area contributed by atoms with Gasteiger partial charge in [0.2, 0.25) is 5.91 Å². The number of fused-ring (bicyclic) bond motifs is 2. The van der Waals surface area contributed by atoms with Gasteiger partial charge in [-0.3, -0.25) is 19.7 Å². The predicted octanol–water partition coefficient (Wildman–Crippen LogP) is 4.59. The van der Waals surface area contributed by atoms with Gasteiger partial charge in [0.1, 0.15) is 12.2 Å². The van der Waals surface area contributed by atoms with Crippen LogP contribution < -0.4 is 4.90 Å². The number of anilines is 1. The van der Waals surface area contributed by atoms with Crippen LogP contribution in [0.5, 0.6) is 0 Å². The van der Waals surface area contributed by atoms with Gasteiger partial charge in [0.15, 0.2) is 0 Å². The molecule has 0 aliphatic carbocycles. The lowest BCUT2D eigenvalue weighted by Gasteiger charge is -2.53. The minimum atomic E-state index is -0.649. The summed E-state index contributed by atoms with van der Waals surface area (Å²) in [5.74, 6) is -0.428. The van der Waals surface area contributed by atoms with E-state index in [0.29, 0.717) is 31.7 Å². The molecule has 3 heterocycles. The van der Waals surface area contributed by atoms with E-state index in [2.05, 4.69) is 54.9 Å². The largest absolute Gasteiger partial charge is 0.349 e. The maximum absolute atomic E-state index is 13.8. The Morgan fingerprint density at radius 3 is 2.45 bits per heavy atom. The van der Waals surface area contributed by atoms with Crippen LogP contribution in [-0.2, 0) is 23.3 Å². The number of amides is 2. The van der Waals surface area contributed by atoms with Crippen molar-refractivity contribution in [2.24, 2.45) is 0 Å². The Labute approximate surface area is 234 Å². The number of piperazine rings is 1. The quantitative estimate of drug-likeness (QED) is 0.304. The second kappa shape index (κ2) is 10.7. The SMILES string of the molecule is CC[C@H]1C(=O)N(Cc2ccc(C(C)(C)C)cc2)CC2N(CCCn3ccnc3)c3ccc([N+](=O)[O-])cc3C(=O)N21. The Morgan fingerprint density at radius 1 is 1.07 bits per heavy atom. The molecule has 2 aromatic carbocycles. The minimum Gasteiger partial charge on any atom is -0.349 e. The molecule has 210 valence electrons. The summed E-state index contributed by atoms with van der Waals surface area (Å²) in [7, 11) is 0. The van der Waals surface area contributed by atoms with Gasteiger partial charge in [-0.1, -0.05) is 52.0 Å². The summed E-state index contributed by atoms with van der Waals surface area (Å²) >= 11 is 0. The third-order valence-electron chi connectivity index (χ3n) is 7.92. The number of imidazole rings is 1. The molecule has 3 aromatic rings. The lowest BCUT2D eigenvalue weighted by atomic mass is 9.86. The molecule has 0 N–H and O–H groups in total. The number of benzene rings is 2. The molecule has 2 aliphatic rings. The van der Waals surface area contributed by atoms with Gasteiger partial charge >= 0.3 is 0 Å². The number of hydrogen-bond acceptors (Lipinski definition) is 6. The lowest BCUT2D eigenvalue weighted by Crippen LogP contribution is -2.69. The molecule has 1 unspecified atom stereocenters. The molecule has 10 heteroatoms. The number of nitro groups is 1.